The Labute approximate surface area is 102 Å². The fraction of sp³-hybridized carbons (Fsp3) is 0.556. The number of rotatable bonds is 3. The van der Waals surface area contributed by atoms with E-state index < -0.39 is 12.2 Å². The number of carbonyl (C=O) groups excluding carboxylic acids is 1. The Bertz CT molecular complexity index is 397. The van der Waals surface area contributed by atoms with Crippen molar-refractivity contribution < 1.29 is 24.2 Å². The molecule has 0 aromatic rings. The summed E-state index contributed by atoms with van der Waals surface area (Å²) in [6.45, 7) is 0.224. The van der Waals surface area contributed by atoms with Gasteiger partial charge in [-0.15, -0.1) is 11.8 Å². The lowest BCUT2D eigenvalue weighted by Crippen LogP contribution is -2.68. The van der Waals surface area contributed by atoms with Crippen LogP contribution < -0.4 is 5.73 Å². The molecule has 0 bridgehead atoms. The van der Waals surface area contributed by atoms with Crippen LogP contribution in [0.4, 0.5) is 4.79 Å². The third-order valence-electron chi connectivity index (χ3n) is 2.54. The van der Waals surface area contributed by atoms with Crippen LogP contribution in [0.3, 0.4) is 0 Å². The van der Waals surface area contributed by atoms with Crippen molar-refractivity contribution >= 4 is 23.8 Å². The molecular weight excluding hydrogens is 248 g/mol. The number of carboxylic acid groups (broad SMARTS) is 1. The van der Waals surface area contributed by atoms with Gasteiger partial charge in [-0.2, -0.15) is 0 Å². The van der Waals surface area contributed by atoms with Gasteiger partial charge in [-0.05, 0) is 0 Å². The van der Waals surface area contributed by atoms with E-state index in [1.807, 2.05) is 0 Å². The van der Waals surface area contributed by atoms with E-state index in [1.165, 1.54) is 23.8 Å². The van der Waals surface area contributed by atoms with E-state index in [0.717, 1.165) is 0 Å². The first-order chi connectivity index (χ1) is 8.06. The molecule has 0 saturated carbocycles. The first-order valence-electron chi connectivity index (χ1n) is 4.88. The van der Waals surface area contributed by atoms with E-state index in [2.05, 4.69) is 4.74 Å². The summed E-state index contributed by atoms with van der Waals surface area (Å²) in [7, 11) is 1.49. The number of amides is 1. The highest BCUT2D eigenvalue weighted by Crippen LogP contribution is 2.39. The number of hydrogen-bond acceptors (Lipinski definition) is 6. The summed E-state index contributed by atoms with van der Waals surface area (Å²) >= 11 is 1.47. The molecule has 2 heterocycles. The quantitative estimate of drug-likeness (QED) is 0.534. The predicted octanol–water partition coefficient (Wildman–Crippen LogP) is -0.219. The second kappa shape index (κ2) is 4.55. The molecule has 1 amide bonds. The van der Waals surface area contributed by atoms with Crippen molar-refractivity contribution in [3.63, 3.8) is 0 Å². The third kappa shape index (κ3) is 1.99. The van der Waals surface area contributed by atoms with Gasteiger partial charge in [0.2, 0.25) is 11.8 Å². The molecule has 0 unspecified atom stereocenters. The van der Waals surface area contributed by atoms with Crippen LogP contribution in [0.15, 0.2) is 11.5 Å². The lowest BCUT2D eigenvalue weighted by molar-refractivity contribution is -0.144. The fourth-order valence-corrected chi connectivity index (χ4v) is 3.03. The smallest absolute Gasteiger partial charge is 0.449 e. The molecule has 2 atom stereocenters. The van der Waals surface area contributed by atoms with Crippen LogP contribution >= 0.6 is 11.8 Å². The standard InChI is InChI=1S/C9H12N2O5S/c1-15-2-4-3-17-8-5(10)6(12)11(8)7(4)16-9(13)14/h5,8H,2-3,10H2,1H3,(H,13,14)/t5-,8-/m1/s1. The zero-order valence-corrected chi connectivity index (χ0v) is 9.90. The molecular formula is C9H12N2O5S. The van der Waals surface area contributed by atoms with E-state index >= 15 is 0 Å². The highest BCUT2D eigenvalue weighted by atomic mass is 32.2. The number of nitrogens with zero attached hydrogens (tertiary/aromatic N) is 1. The van der Waals surface area contributed by atoms with Crippen LogP contribution in [0.1, 0.15) is 0 Å². The summed E-state index contributed by atoms with van der Waals surface area (Å²) in [6.07, 6.45) is -1.45. The largest absolute Gasteiger partial charge is 0.512 e. The van der Waals surface area contributed by atoms with Gasteiger partial charge in [0, 0.05) is 18.4 Å². The van der Waals surface area contributed by atoms with Crippen molar-refractivity contribution in [1.29, 1.82) is 0 Å². The highest BCUT2D eigenvalue weighted by molar-refractivity contribution is 8.00. The van der Waals surface area contributed by atoms with Crippen LogP contribution in [0.2, 0.25) is 0 Å². The van der Waals surface area contributed by atoms with Crippen molar-refractivity contribution in [2.75, 3.05) is 19.5 Å². The van der Waals surface area contributed by atoms with Crippen molar-refractivity contribution in [3.05, 3.63) is 11.5 Å². The second-order valence-electron chi connectivity index (χ2n) is 3.65. The maximum atomic E-state index is 11.6. The Morgan fingerprint density at radius 1 is 1.71 bits per heavy atom. The first kappa shape index (κ1) is 12.2. The SMILES string of the molecule is COCC1=C(OC(=O)O)N2C(=O)[C@@H](N)[C@H]2SC1. The number of ether oxygens (including phenoxy) is 2. The van der Waals surface area contributed by atoms with E-state index in [9.17, 15) is 9.59 Å². The number of hydrogen-bond donors (Lipinski definition) is 2. The molecule has 0 aromatic heterocycles. The fourth-order valence-electron chi connectivity index (χ4n) is 1.78. The summed E-state index contributed by atoms with van der Waals surface area (Å²) in [5.41, 5.74) is 6.26. The van der Waals surface area contributed by atoms with Gasteiger partial charge >= 0.3 is 6.16 Å². The molecule has 94 valence electrons. The summed E-state index contributed by atoms with van der Waals surface area (Å²) in [4.78, 5) is 23.5. The number of methoxy groups -OCH3 is 1. The molecule has 3 N–H and O–H groups in total. The Morgan fingerprint density at radius 3 is 3.00 bits per heavy atom. The average molecular weight is 260 g/mol. The van der Waals surface area contributed by atoms with Gasteiger partial charge in [-0.25, -0.2) is 4.79 Å². The Morgan fingerprint density at radius 2 is 2.41 bits per heavy atom. The van der Waals surface area contributed by atoms with Crippen molar-refractivity contribution in [2.45, 2.75) is 11.4 Å². The zero-order chi connectivity index (χ0) is 12.6. The summed E-state index contributed by atoms with van der Waals surface area (Å²) in [5.74, 6) is 0.264. The maximum absolute atomic E-state index is 11.6. The third-order valence-corrected chi connectivity index (χ3v) is 3.90. The lowest BCUT2D eigenvalue weighted by Gasteiger charge is -2.47. The number of β-lactam (4-membered cyclic amide) rings is 1. The van der Waals surface area contributed by atoms with Crippen molar-refractivity contribution in [3.8, 4) is 0 Å². The lowest BCUT2D eigenvalue weighted by atomic mass is 10.1. The molecule has 17 heavy (non-hydrogen) atoms. The Balaban J connectivity index is 2.27. The van der Waals surface area contributed by atoms with Gasteiger partial charge in [0.05, 0.1) is 6.61 Å². The van der Waals surface area contributed by atoms with Gasteiger partial charge in [0.15, 0.2) is 0 Å². The number of nitrogens with two attached hydrogens (primary N) is 1. The Hall–Kier alpha value is -1.25. The highest BCUT2D eigenvalue weighted by Gasteiger charge is 2.51. The summed E-state index contributed by atoms with van der Waals surface area (Å²) in [5, 5.41) is 8.42. The van der Waals surface area contributed by atoms with Gasteiger partial charge in [-0.3, -0.25) is 9.69 Å². The van der Waals surface area contributed by atoms with Crippen molar-refractivity contribution in [2.24, 2.45) is 5.73 Å². The predicted molar refractivity (Wildman–Crippen MR) is 59.1 cm³/mol. The normalized spacial score (nSPS) is 27.6. The molecule has 1 fully saturated rings. The molecule has 0 radical (unpaired) electrons. The molecule has 0 aliphatic carbocycles. The minimum absolute atomic E-state index is 0.0507. The minimum atomic E-state index is -1.45. The molecule has 2 aliphatic heterocycles. The van der Waals surface area contributed by atoms with Crippen molar-refractivity contribution in [1.82, 2.24) is 4.90 Å². The van der Waals surface area contributed by atoms with E-state index in [0.29, 0.717) is 11.3 Å². The molecule has 0 aromatic carbocycles. The molecule has 2 rings (SSSR count). The van der Waals surface area contributed by atoms with Crippen LogP contribution in [0.25, 0.3) is 0 Å². The average Bonchev–Trinajstić information content (AvgIpc) is 2.29. The van der Waals surface area contributed by atoms with Crippen LogP contribution in [0, 0.1) is 0 Å². The van der Waals surface area contributed by atoms with Gasteiger partial charge < -0.3 is 20.3 Å². The van der Waals surface area contributed by atoms with Crippen LogP contribution in [0.5, 0.6) is 0 Å². The molecule has 0 spiro atoms. The minimum Gasteiger partial charge on any atom is -0.449 e. The first-order valence-corrected chi connectivity index (χ1v) is 5.93. The molecule has 2 aliphatic rings. The van der Waals surface area contributed by atoms with Crippen LogP contribution in [-0.2, 0) is 14.3 Å². The molecule has 8 heteroatoms. The van der Waals surface area contributed by atoms with E-state index in [1.54, 1.807) is 0 Å². The topological polar surface area (TPSA) is 102 Å². The van der Waals surface area contributed by atoms with E-state index in [4.69, 9.17) is 15.6 Å². The molecule has 7 nitrogen and oxygen atoms in total. The zero-order valence-electron chi connectivity index (χ0n) is 9.08. The van der Waals surface area contributed by atoms with E-state index in [-0.39, 0.29) is 23.8 Å². The number of thioether (sulfide) groups is 1. The number of carbonyl (C=O) groups is 2. The van der Waals surface area contributed by atoms with Gasteiger partial charge in [0.1, 0.15) is 11.4 Å². The summed E-state index contributed by atoms with van der Waals surface area (Å²) in [6, 6.07) is -0.587. The van der Waals surface area contributed by atoms with Gasteiger partial charge in [0.25, 0.3) is 0 Å². The number of fused-ring (bicyclic) bond motifs is 1. The maximum Gasteiger partial charge on any atom is 0.512 e. The molecule has 1 saturated heterocycles. The monoisotopic (exact) mass is 260 g/mol. The summed E-state index contributed by atoms with van der Waals surface area (Å²) < 4.78 is 9.61. The van der Waals surface area contributed by atoms with Gasteiger partial charge in [-0.1, -0.05) is 0 Å². The van der Waals surface area contributed by atoms with Crippen LogP contribution in [-0.4, -0.2) is 53.0 Å². The second-order valence-corrected chi connectivity index (χ2v) is 4.75. The Kier molecular flexibility index (Phi) is 3.27.